The maximum Gasteiger partial charge on any atom is 0.415 e. The Labute approximate surface area is 186 Å². The summed E-state index contributed by atoms with van der Waals surface area (Å²) in [6, 6.07) is 9.45. The minimum atomic E-state index is -0.469. The highest BCUT2D eigenvalue weighted by atomic mass is 16.6. The van der Waals surface area contributed by atoms with Crippen molar-refractivity contribution in [2.45, 2.75) is 67.2 Å². The van der Waals surface area contributed by atoms with E-state index in [-0.39, 0.29) is 5.92 Å². The van der Waals surface area contributed by atoms with Crippen LogP contribution in [-0.2, 0) is 6.42 Å². The number of esters is 1. The summed E-state index contributed by atoms with van der Waals surface area (Å²) < 4.78 is 11.6. The molecule has 2 rings (SSSR count). The van der Waals surface area contributed by atoms with Gasteiger partial charge in [-0.15, -0.1) is 0 Å². The van der Waals surface area contributed by atoms with Gasteiger partial charge < -0.3 is 14.4 Å². The van der Waals surface area contributed by atoms with E-state index in [1.807, 2.05) is 45.9 Å². The van der Waals surface area contributed by atoms with Gasteiger partial charge in [-0.05, 0) is 74.4 Å². The predicted molar refractivity (Wildman–Crippen MR) is 124 cm³/mol. The van der Waals surface area contributed by atoms with Crippen molar-refractivity contribution in [2.24, 2.45) is 0 Å². The smallest absolute Gasteiger partial charge is 0.415 e. The molecule has 0 N–H and O–H groups in total. The summed E-state index contributed by atoms with van der Waals surface area (Å²) >= 11 is 0. The Kier molecular flexibility index (Phi) is 8.66. The molecule has 0 unspecified atom stereocenters. The first-order valence-corrected chi connectivity index (χ1v) is 11.1. The number of ether oxygens (including phenoxy) is 2. The maximum atomic E-state index is 12.9. The molecule has 2 aromatic carbocycles. The average molecular weight is 426 g/mol. The SMILES string of the molecule is CCCc1ccc(C(=O)Oc2c(C)cc(C(C)C)c(C)c2OC(=O)N(CC)CC)cc1. The van der Waals surface area contributed by atoms with E-state index in [0.717, 1.165) is 29.5 Å². The lowest BCUT2D eigenvalue weighted by Gasteiger charge is -2.23. The van der Waals surface area contributed by atoms with Gasteiger partial charge in [-0.25, -0.2) is 9.59 Å². The third-order valence-corrected chi connectivity index (χ3v) is 5.47. The number of carbonyl (C=O) groups excluding carboxylic acids is 2. The molecule has 0 aromatic heterocycles. The molecule has 0 spiro atoms. The normalized spacial score (nSPS) is 10.8. The summed E-state index contributed by atoms with van der Waals surface area (Å²) in [6.07, 6.45) is 1.57. The van der Waals surface area contributed by atoms with Crippen LogP contribution in [0.25, 0.3) is 0 Å². The van der Waals surface area contributed by atoms with Gasteiger partial charge in [0, 0.05) is 13.1 Å². The third kappa shape index (κ3) is 5.87. The Hall–Kier alpha value is -2.82. The first-order valence-electron chi connectivity index (χ1n) is 11.1. The molecule has 0 aliphatic rings. The van der Waals surface area contributed by atoms with Crippen molar-refractivity contribution >= 4 is 12.1 Å². The number of carbonyl (C=O) groups is 2. The predicted octanol–water partition coefficient (Wildman–Crippen LogP) is 6.44. The Morgan fingerprint density at radius 1 is 0.935 bits per heavy atom. The van der Waals surface area contributed by atoms with Crippen molar-refractivity contribution in [3.8, 4) is 11.5 Å². The van der Waals surface area contributed by atoms with Crippen LogP contribution in [0.1, 0.15) is 79.6 Å². The summed E-state index contributed by atoms with van der Waals surface area (Å²) in [6.45, 7) is 14.9. The second-order valence-electron chi connectivity index (χ2n) is 8.10. The molecular weight excluding hydrogens is 390 g/mol. The van der Waals surface area contributed by atoms with Gasteiger partial charge in [0.1, 0.15) is 0 Å². The van der Waals surface area contributed by atoms with Crippen molar-refractivity contribution < 1.29 is 19.1 Å². The molecule has 0 aliphatic carbocycles. The molecule has 0 saturated carbocycles. The number of rotatable bonds is 8. The van der Waals surface area contributed by atoms with Gasteiger partial charge in [-0.2, -0.15) is 0 Å². The molecule has 0 heterocycles. The number of aryl methyl sites for hydroxylation is 2. The summed E-state index contributed by atoms with van der Waals surface area (Å²) in [7, 11) is 0. The van der Waals surface area contributed by atoms with E-state index >= 15 is 0 Å². The molecular formula is C26H35NO4. The zero-order chi connectivity index (χ0) is 23.1. The average Bonchev–Trinajstić information content (AvgIpc) is 2.74. The highest BCUT2D eigenvalue weighted by molar-refractivity contribution is 5.92. The van der Waals surface area contributed by atoms with Gasteiger partial charge in [0.05, 0.1) is 5.56 Å². The van der Waals surface area contributed by atoms with Crippen molar-refractivity contribution in [3.63, 3.8) is 0 Å². The number of benzene rings is 2. The van der Waals surface area contributed by atoms with E-state index in [1.165, 1.54) is 5.56 Å². The van der Waals surface area contributed by atoms with Crippen LogP contribution < -0.4 is 9.47 Å². The van der Waals surface area contributed by atoms with Crippen LogP contribution in [0.2, 0.25) is 0 Å². The minimum Gasteiger partial charge on any atom is -0.419 e. The van der Waals surface area contributed by atoms with Gasteiger partial charge in [-0.1, -0.05) is 45.4 Å². The van der Waals surface area contributed by atoms with Crippen molar-refractivity contribution in [1.29, 1.82) is 0 Å². The third-order valence-electron chi connectivity index (χ3n) is 5.47. The molecule has 5 heteroatoms. The van der Waals surface area contributed by atoms with Gasteiger partial charge in [-0.3, -0.25) is 0 Å². The number of hydrogen-bond acceptors (Lipinski definition) is 4. The first-order chi connectivity index (χ1) is 14.7. The second kappa shape index (κ2) is 11.0. The highest BCUT2D eigenvalue weighted by Gasteiger charge is 2.24. The topological polar surface area (TPSA) is 55.8 Å². The van der Waals surface area contributed by atoms with E-state index in [0.29, 0.717) is 30.2 Å². The zero-order valence-electron chi connectivity index (χ0n) is 19.9. The maximum absolute atomic E-state index is 12.9. The fourth-order valence-electron chi connectivity index (χ4n) is 3.62. The number of amides is 1. The number of nitrogens with zero attached hydrogens (tertiary/aromatic N) is 1. The van der Waals surface area contributed by atoms with Crippen LogP contribution in [0.3, 0.4) is 0 Å². The van der Waals surface area contributed by atoms with Gasteiger partial charge >= 0.3 is 12.1 Å². The van der Waals surface area contributed by atoms with Gasteiger partial charge in [0.15, 0.2) is 11.5 Å². The van der Waals surface area contributed by atoms with Gasteiger partial charge in [0.25, 0.3) is 0 Å². The van der Waals surface area contributed by atoms with Crippen LogP contribution >= 0.6 is 0 Å². The molecule has 5 nitrogen and oxygen atoms in total. The molecule has 31 heavy (non-hydrogen) atoms. The Morgan fingerprint density at radius 3 is 2.06 bits per heavy atom. The van der Waals surface area contributed by atoms with E-state index in [2.05, 4.69) is 20.8 Å². The second-order valence-corrected chi connectivity index (χ2v) is 8.10. The molecule has 0 saturated heterocycles. The lowest BCUT2D eigenvalue weighted by Crippen LogP contribution is -2.33. The first kappa shape index (κ1) is 24.4. The summed E-state index contributed by atoms with van der Waals surface area (Å²) in [4.78, 5) is 27.2. The highest BCUT2D eigenvalue weighted by Crippen LogP contribution is 2.40. The molecule has 1 amide bonds. The van der Waals surface area contributed by atoms with Crippen molar-refractivity contribution in [3.05, 3.63) is 58.1 Å². The van der Waals surface area contributed by atoms with Crippen molar-refractivity contribution in [1.82, 2.24) is 4.90 Å². The standard InChI is InChI=1S/C26H35NO4/c1-8-11-20-12-14-21(15-13-20)25(28)30-23-18(6)16-22(17(4)5)19(7)24(23)31-26(29)27(9-2)10-3/h12-17H,8-11H2,1-7H3. The summed E-state index contributed by atoms with van der Waals surface area (Å²) in [5, 5.41) is 0. The molecule has 0 fully saturated rings. The fraction of sp³-hybridized carbons (Fsp3) is 0.462. The van der Waals surface area contributed by atoms with E-state index in [1.54, 1.807) is 17.0 Å². The Balaban J connectivity index is 2.43. The lowest BCUT2D eigenvalue weighted by molar-refractivity contribution is 0.0725. The largest absolute Gasteiger partial charge is 0.419 e. The molecule has 0 bridgehead atoms. The Bertz CT molecular complexity index is 912. The quantitative estimate of drug-likeness (QED) is 0.361. The molecule has 2 aromatic rings. The monoisotopic (exact) mass is 425 g/mol. The fourth-order valence-corrected chi connectivity index (χ4v) is 3.62. The van der Waals surface area contributed by atoms with Crippen LogP contribution in [0, 0.1) is 13.8 Å². The summed E-state index contributed by atoms with van der Waals surface area (Å²) in [5.74, 6) is 0.380. The molecule has 0 atom stereocenters. The van der Waals surface area contributed by atoms with E-state index < -0.39 is 12.1 Å². The van der Waals surface area contributed by atoms with E-state index in [9.17, 15) is 9.59 Å². The zero-order valence-corrected chi connectivity index (χ0v) is 19.9. The van der Waals surface area contributed by atoms with Crippen LogP contribution in [0.5, 0.6) is 11.5 Å². The van der Waals surface area contributed by atoms with Crippen LogP contribution in [0.15, 0.2) is 30.3 Å². The van der Waals surface area contributed by atoms with Crippen LogP contribution in [-0.4, -0.2) is 30.1 Å². The summed E-state index contributed by atoms with van der Waals surface area (Å²) in [5.41, 5.74) is 4.27. The molecule has 0 aliphatic heterocycles. The Morgan fingerprint density at radius 2 is 1.55 bits per heavy atom. The molecule has 168 valence electrons. The van der Waals surface area contributed by atoms with Crippen LogP contribution in [0.4, 0.5) is 4.79 Å². The van der Waals surface area contributed by atoms with Crippen molar-refractivity contribution in [2.75, 3.05) is 13.1 Å². The number of hydrogen-bond donors (Lipinski definition) is 0. The van der Waals surface area contributed by atoms with E-state index in [4.69, 9.17) is 9.47 Å². The minimum absolute atomic E-state index is 0.237. The lowest BCUT2D eigenvalue weighted by atomic mass is 9.94. The molecule has 0 radical (unpaired) electrons. The van der Waals surface area contributed by atoms with Gasteiger partial charge in [0.2, 0.25) is 0 Å².